The van der Waals surface area contributed by atoms with E-state index in [-0.39, 0.29) is 11.8 Å². The van der Waals surface area contributed by atoms with Gasteiger partial charge in [0, 0.05) is 29.6 Å². The first-order valence-corrected chi connectivity index (χ1v) is 11.2. The fraction of sp³-hybridized carbons (Fsp3) is 0.316. The third-order valence-corrected chi connectivity index (χ3v) is 7.22. The van der Waals surface area contributed by atoms with E-state index in [2.05, 4.69) is 5.32 Å². The van der Waals surface area contributed by atoms with Crippen molar-refractivity contribution in [3.05, 3.63) is 54.6 Å². The number of para-hydroxylation sites is 1. The highest BCUT2D eigenvalue weighted by atomic mass is 32.2. The highest BCUT2D eigenvalue weighted by molar-refractivity contribution is 7.98. The minimum Gasteiger partial charge on any atom is -0.326 e. The van der Waals surface area contributed by atoms with Gasteiger partial charge in [-0.3, -0.25) is 4.79 Å². The Balaban J connectivity index is 1.61. The number of hydrogen-bond acceptors (Lipinski definition) is 4. The number of amides is 1. The molecule has 1 amide bonds. The first-order chi connectivity index (χ1) is 12.5. The van der Waals surface area contributed by atoms with E-state index >= 15 is 0 Å². The number of carbonyl (C=O) groups excluding carboxylic acids is 1. The molecule has 2 aromatic rings. The van der Waals surface area contributed by atoms with E-state index in [1.807, 2.05) is 48.7 Å². The number of nitrogens with one attached hydrogen (secondary N) is 1. The quantitative estimate of drug-likeness (QED) is 0.794. The van der Waals surface area contributed by atoms with Crippen molar-refractivity contribution < 1.29 is 13.2 Å². The van der Waals surface area contributed by atoms with Crippen LogP contribution in [0.15, 0.2) is 64.4 Å². The molecule has 1 saturated heterocycles. The van der Waals surface area contributed by atoms with Crippen molar-refractivity contribution in [2.75, 3.05) is 24.7 Å². The minimum atomic E-state index is -3.50. The molecule has 1 aliphatic rings. The predicted molar refractivity (Wildman–Crippen MR) is 105 cm³/mol. The average molecular weight is 391 g/mol. The minimum absolute atomic E-state index is 0.0439. The summed E-state index contributed by atoms with van der Waals surface area (Å²) >= 11 is 1.57. The lowest BCUT2D eigenvalue weighted by Crippen LogP contribution is -2.41. The highest BCUT2D eigenvalue weighted by Crippen LogP contribution is 2.26. The van der Waals surface area contributed by atoms with Crippen LogP contribution in [-0.2, 0) is 14.8 Å². The summed E-state index contributed by atoms with van der Waals surface area (Å²) < 4.78 is 27.0. The lowest BCUT2D eigenvalue weighted by Gasteiger charge is -2.30. The number of carbonyl (C=O) groups is 1. The zero-order valence-electron chi connectivity index (χ0n) is 14.6. The van der Waals surface area contributed by atoms with E-state index in [4.69, 9.17) is 0 Å². The largest absolute Gasteiger partial charge is 0.326 e. The van der Waals surface area contributed by atoms with Gasteiger partial charge in [-0.2, -0.15) is 4.31 Å². The lowest BCUT2D eigenvalue weighted by molar-refractivity contribution is -0.120. The molecule has 0 aromatic heterocycles. The van der Waals surface area contributed by atoms with Gasteiger partial charge in [0.25, 0.3) is 0 Å². The van der Waals surface area contributed by atoms with Crippen LogP contribution in [0.2, 0.25) is 0 Å². The van der Waals surface area contributed by atoms with Gasteiger partial charge in [-0.25, -0.2) is 8.42 Å². The van der Waals surface area contributed by atoms with Crippen molar-refractivity contribution in [2.24, 2.45) is 5.92 Å². The van der Waals surface area contributed by atoms with Crippen LogP contribution in [0.5, 0.6) is 0 Å². The van der Waals surface area contributed by atoms with Crippen molar-refractivity contribution >= 4 is 33.4 Å². The van der Waals surface area contributed by atoms with Gasteiger partial charge in [0.15, 0.2) is 0 Å². The Morgan fingerprint density at radius 2 is 1.65 bits per heavy atom. The van der Waals surface area contributed by atoms with Crippen LogP contribution in [-0.4, -0.2) is 38.0 Å². The van der Waals surface area contributed by atoms with E-state index in [0.29, 0.717) is 30.8 Å². The van der Waals surface area contributed by atoms with Crippen molar-refractivity contribution in [1.82, 2.24) is 4.31 Å². The van der Waals surface area contributed by atoms with Gasteiger partial charge in [0.2, 0.25) is 15.9 Å². The summed E-state index contributed by atoms with van der Waals surface area (Å²) in [6.07, 6.45) is 3.01. The Hall–Kier alpha value is -1.83. The molecule has 0 aliphatic carbocycles. The molecular formula is C19H22N2O3S2. The summed E-state index contributed by atoms with van der Waals surface area (Å²) in [7, 11) is -3.50. The third kappa shape index (κ3) is 4.28. The molecule has 0 bridgehead atoms. The lowest BCUT2D eigenvalue weighted by atomic mass is 9.97. The van der Waals surface area contributed by atoms with Gasteiger partial charge >= 0.3 is 0 Å². The van der Waals surface area contributed by atoms with E-state index in [0.717, 1.165) is 10.6 Å². The topological polar surface area (TPSA) is 66.5 Å². The number of sulfonamides is 1. The zero-order valence-corrected chi connectivity index (χ0v) is 16.2. The summed E-state index contributed by atoms with van der Waals surface area (Å²) in [5, 5.41) is 2.90. The first kappa shape index (κ1) is 18.9. The number of rotatable bonds is 5. The Morgan fingerprint density at radius 3 is 2.23 bits per heavy atom. The summed E-state index contributed by atoms with van der Waals surface area (Å²) in [5.41, 5.74) is 0.765. The Labute approximate surface area is 158 Å². The maximum atomic E-state index is 12.8. The zero-order chi connectivity index (χ0) is 18.6. The van der Waals surface area contributed by atoms with Crippen LogP contribution < -0.4 is 5.32 Å². The second kappa shape index (κ2) is 8.24. The van der Waals surface area contributed by atoms with Gasteiger partial charge in [-0.15, -0.1) is 11.8 Å². The number of benzene rings is 2. The van der Waals surface area contributed by atoms with Crippen molar-refractivity contribution in [3.63, 3.8) is 0 Å². The van der Waals surface area contributed by atoms with Gasteiger partial charge in [0.1, 0.15) is 0 Å². The van der Waals surface area contributed by atoms with Gasteiger partial charge < -0.3 is 5.32 Å². The molecule has 1 N–H and O–H groups in total. The van der Waals surface area contributed by atoms with Crippen LogP contribution in [0.4, 0.5) is 5.69 Å². The van der Waals surface area contributed by atoms with Crippen LogP contribution in [0.25, 0.3) is 0 Å². The average Bonchev–Trinajstić information content (AvgIpc) is 2.69. The van der Waals surface area contributed by atoms with Crippen LogP contribution >= 0.6 is 11.8 Å². The van der Waals surface area contributed by atoms with E-state index in [9.17, 15) is 13.2 Å². The monoisotopic (exact) mass is 390 g/mol. The van der Waals surface area contributed by atoms with E-state index in [1.54, 1.807) is 23.9 Å². The Bertz CT molecular complexity index is 844. The summed E-state index contributed by atoms with van der Waals surface area (Å²) in [6.45, 7) is 0.721. The van der Waals surface area contributed by atoms with E-state index in [1.165, 1.54) is 4.31 Å². The molecule has 0 spiro atoms. The predicted octanol–water partition coefficient (Wildman–Crippen LogP) is 3.45. The highest BCUT2D eigenvalue weighted by Gasteiger charge is 2.32. The number of hydrogen-bond donors (Lipinski definition) is 1. The third-order valence-electron chi connectivity index (χ3n) is 4.56. The molecule has 0 radical (unpaired) electrons. The number of nitrogens with zero attached hydrogens (tertiary/aromatic N) is 1. The van der Waals surface area contributed by atoms with Crippen LogP contribution in [0, 0.1) is 5.92 Å². The second-order valence-corrected chi connectivity index (χ2v) is 9.03. The van der Waals surface area contributed by atoms with Gasteiger partial charge in [-0.1, -0.05) is 18.2 Å². The second-order valence-electron chi connectivity index (χ2n) is 6.21. The Morgan fingerprint density at radius 1 is 1.04 bits per heavy atom. The summed E-state index contributed by atoms with van der Waals surface area (Å²) in [5.74, 6) is -0.210. The molecule has 138 valence electrons. The van der Waals surface area contributed by atoms with Crippen molar-refractivity contribution in [2.45, 2.75) is 22.6 Å². The fourth-order valence-electron chi connectivity index (χ4n) is 3.02. The first-order valence-electron chi connectivity index (χ1n) is 8.51. The molecular weight excluding hydrogens is 368 g/mol. The maximum Gasteiger partial charge on any atom is 0.243 e. The van der Waals surface area contributed by atoms with Crippen LogP contribution in [0.1, 0.15) is 12.8 Å². The van der Waals surface area contributed by atoms with Gasteiger partial charge in [0.05, 0.1) is 4.90 Å². The molecule has 26 heavy (non-hydrogen) atoms. The molecule has 0 atom stereocenters. The number of piperidine rings is 1. The molecule has 5 nitrogen and oxygen atoms in total. The molecule has 7 heteroatoms. The fourth-order valence-corrected chi connectivity index (χ4v) is 4.90. The van der Waals surface area contributed by atoms with Crippen molar-refractivity contribution in [3.8, 4) is 0 Å². The molecule has 3 rings (SSSR count). The molecule has 1 fully saturated rings. The van der Waals surface area contributed by atoms with Crippen LogP contribution in [0.3, 0.4) is 0 Å². The molecule has 0 saturated carbocycles. The molecule has 1 heterocycles. The van der Waals surface area contributed by atoms with Crippen molar-refractivity contribution in [1.29, 1.82) is 0 Å². The summed E-state index contributed by atoms with van der Waals surface area (Å²) in [6, 6.07) is 16.2. The normalized spacial score (nSPS) is 16.3. The molecule has 2 aromatic carbocycles. The van der Waals surface area contributed by atoms with E-state index < -0.39 is 10.0 Å². The molecule has 0 unspecified atom stereocenters. The molecule has 1 aliphatic heterocycles. The number of anilines is 1. The number of thioether (sulfide) groups is 1. The SMILES string of the molecule is CSc1ccc(S(=O)(=O)N2CCC(C(=O)Nc3ccccc3)CC2)cc1. The van der Waals surface area contributed by atoms with Gasteiger partial charge in [-0.05, 0) is 55.5 Å². The standard InChI is InChI=1S/C19H22N2O3S2/c1-25-17-7-9-18(10-8-17)26(23,24)21-13-11-15(12-14-21)19(22)20-16-5-3-2-4-6-16/h2-10,15H,11-14H2,1H3,(H,20,22). The summed E-state index contributed by atoms with van der Waals surface area (Å²) in [4.78, 5) is 13.7. The Kier molecular flexibility index (Phi) is 6.01. The smallest absolute Gasteiger partial charge is 0.243 e. The maximum absolute atomic E-state index is 12.8.